The van der Waals surface area contributed by atoms with E-state index in [1.165, 1.54) is 5.56 Å². The van der Waals surface area contributed by atoms with Crippen LogP contribution in [0.2, 0.25) is 0 Å². The van der Waals surface area contributed by atoms with Crippen molar-refractivity contribution in [2.24, 2.45) is 5.73 Å². The average molecular weight is 480 g/mol. The van der Waals surface area contributed by atoms with Gasteiger partial charge in [0.15, 0.2) is 11.5 Å². The van der Waals surface area contributed by atoms with Gasteiger partial charge in [-0.15, -0.1) is 0 Å². The maximum atomic E-state index is 13.7. The number of primary amides is 1. The molecule has 1 saturated heterocycles. The Labute approximate surface area is 208 Å². The fraction of sp³-hybridized carbons (Fsp3) is 0.500. The molecule has 1 fully saturated rings. The van der Waals surface area contributed by atoms with Gasteiger partial charge in [-0.25, -0.2) is 0 Å². The molecule has 35 heavy (non-hydrogen) atoms. The minimum atomic E-state index is -0.326. The first-order valence-electron chi connectivity index (χ1n) is 12.6. The molecule has 2 amide bonds. The Kier molecular flexibility index (Phi) is 7.96. The van der Waals surface area contributed by atoms with Gasteiger partial charge in [-0.1, -0.05) is 25.1 Å². The standard InChI is InChI=1S/C28H37N3O4/c1-4-30-15-13-19(14-16-30)21-7-5-8-22-23(21)18-31(28(22)33)24(9-6-10-27(29)32)20-11-12-25(34-2)26(17-20)35-3/h5,7-8,11-12,17,19,24H,4,6,9-10,13-16,18H2,1-3H3,(H2,29,32)/t24-/m1/s1. The highest BCUT2D eigenvalue weighted by atomic mass is 16.5. The first kappa shape index (κ1) is 25.0. The molecule has 2 aliphatic rings. The van der Waals surface area contributed by atoms with Gasteiger partial charge in [0.25, 0.3) is 5.91 Å². The van der Waals surface area contributed by atoms with Crippen LogP contribution in [-0.2, 0) is 11.3 Å². The predicted molar refractivity (Wildman–Crippen MR) is 136 cm³/mol. The summed E-state index contributed by atoms with van der Waals surface area (Å²) in [5.74, 6) is 1.47. The van der Waals surface area contributed by atoms with Gasteiger partial charge in [-0.05, 0) is 86.1 Å². The number of nitrogens with two attached hydrogens (primary N) is 1. The van der Waals surface area contributed by atoms with E-state index in [4.69, 9.17) is 15.2 Å². The molecule has 188 valence electrons. The lowest BCUT2D eigenvalue weighted by Crippen LogP contribution is -2.33. The molecule has 0 spiro atoms. The van der Waals surface area contributed by atoms with Crippen molar-refractivity contribution in [3.8, 4) is 11.5 Å². The summed E-state index contributed by atoms with van der Waals surface area (Å²) in [5, 5.41) is 0. The summed E-state index contributed by atoms with van der Waals surface area (Å²) in [7, 11) is 3.21. The van der Waals surface area contributed by atoms with Crippen LogP contribution in [0.5, 0.6) is 11.5 Å². The zero-order valence-corrected chi connectivity index (χ0v) is 21.1. The lowest BCUT2D eigenvalue weighted by atomic mass is 9.85. The molecule has 4 rings (SSSR count). The maximum Gasteiger partial charge on any atom is 0.255 e. The van der Waals surface area contributed by atoms with Gasteiger partial charge in [-0.3, -0.25) is 9.59 Å². The second kappa shape index (κ2) is 11.1. The van der Waals surface area contributed by atoms with E-state index in [0.29, 0.717) is 43.2 Å². The Morgan fingerprint density at radius 2 is 1.86 bits per heavy atom. The number of piperidine rings is 1. The number of methoxy groups -OCH3 is 2. The fourth-order valence-electron chi connectivity index (χ4n) is 5.60. The van der Waals surface area contributed by atoms with Crippen molar-refractivity contribution in [1.82, 2.24) is 9.80 Å². The van der Waals surface area contributed by atoms with E-state index in [1.807, 2.05) is 35.2 Å². The highest BCUT2D eigenvalue weighted by Crippen LogP contribution is 2.41. The van der Waals surface area contributed by atoms with Gasteiger partial charge in [0.2, 0.25) is 5.91 Å². The number of hydrogen-bond acceptors (Lipinski definition) is 5. The Morgan fingerprint density at radius 1 is 1.11 bits per heavy atom. The molecule has 0 bridgehead atoms. The van der Waals surface area contributed by atoms with E-state index in [-0.39, 0.29) is 17.9 Å². The third kappa shape index (κ3) is 5.30. The quantitative estimate of drug-likeness (QED) is 0.551. The van der Waals surface area contributed by atoms with Crippen molar-refractivity contribution >= 4 is 11.8 Å². The molecular formula is C28H37N3O4. The number of rotatable bonds is 10. The lowest BCUT2D eigenvalue weighted by molar-refractivity contribution is -0.118. The van der Waals surface area contributed by atoms with Crippen LogP contribution in [0.25, 0.3) is 0 Å². The van der Waals surface area contributed by atoms with Gasteiger partial charge < -0.3 is 25.0 Å². The van der Waals surface area contributed by atoms with E-state index >= 15 is 0 Å². The predicted octanol–water partition coefficient (Wildman–Crippen LogP) is 4.26. The van der Waals surface area contributed by atoms with Crippen molar-refractivity contribution < 1.29 is 19.1 Å². The number of carbonyl (C=O) groups excluding carboxylic acids is 2. The number of hydrogen-bond donors (Lipinski definition) is 1. The Balaban J connectivity index is 1.63. The summed E-state index contributed by atoms with van der Waals surface area (Å²) in [4.78, 5) is 29.6. The number of ether oxygens (including phenoxy) is 2. The number of fused-ring (bicyclic) bond motifs is 1. The Hall–Kier alpha value is -3.06. The third-order valence-corrected chi connectivity index (χ3v) is 7.58. The maximum absolute atomic E-state index is 13.7. The summed E-state index contributed by atoms with van der Waals surface area (Å²) in [6.45, 7) is 6.08. The molecule has 7 nitrogen and oxygen atoms in total. The van der Waals surface area contributed by atoms with Crippen LogP contribution in [0.15, 0.2) is 36.4 Å². The summed E-state index contributed by atoms with van der Waals surface area (Å²) < 4.78 is 10.9. The first-order valence-corrected chi connectivity index (χ1v) is 12.6. The minimum Gasteiger partial charge on any atom is -0.493 e. The first-order chi connectivity index (χ1) is 17.0. The second-order valence-electron chi connectivity index (χ2n) is 9.50. The van der Waals surface area contributed by atoms with E-state index in [2.05, 4.69) is 17.9 Å². The molecule has 2 aliphatic heterocycles. The number of carbonyl (C=O) groups is 2. The zero-order valence-electron chi connectivity index (χ0n) is 21.1. The highest BCUT2D eigenvalue weighted by Gasteiger charge is 2.36. The van der Waals surface area contributed by atoms with Crippen LogP contribution in [0.3, 0.4) is 0 Å². The summed E-state index contributed by atoms with van der Waals surface area (Å²) in [5.41, 5.74) is 9.66. The van der Waals surface area contributed by atoms with Crippen molar-refractivity contribution in [3.05, 3.63) is 58.7 Å². The summed E-state index contributed by atoms with van der Waals surface area (Å²) >= 11 is 0. The Morgan fingerprint density at radius 3 is 2.51 bits per heavy atom. The van der Waals surface area contributed by atoms with Gasteiger partial charge in [-0.2, -0.15) is 0 Å². The number of likely N-dealkylation sites (tertiary alicyclic amines) is 1. The van der Waals surface area contributed by atoms with Crippen molar-refractivity contribution in [3.63, 3.8) is 0 Å². The van der Waals surface area contributed by atoms with E-state index in [0.717, 1.165) is 49.2 Å². The molecule has 0 saturated carbocycles. The molecule has 0 radical (unpaired) electrons. The topological polar surface area (TPSA) is 85.1 Å². The molecule has 0 unspecified atom stereocenters. The lowest BCUT2D eigenvalue weighted by Gasteiger charge is -2.32. The SMILES string of the molecule is CCN1CCC(c2cccc3c2CN([C@H](CCCC(N)=O)c2ccc(OC)c(OC)c2)C3=O)CC1. The molecule has 0 aliphatic carbocycles. The van der Waals surface area contributed by atoms with Crippen LogP contribution in [0.4, 0.5) is 0 Å². The minimum absolute atomic E-state index is 0.0479. The molecule has 2 aromatic rings. The normalized spacial score (nSPS) is 17.3. The van der Waals surface area contributed by atoms with Crippen molar-refractivity contribution in [1.29, 1.82) is 0 Å². The largest absolute Gasteiger partial charge is 0.493 e. The van der Waals surface area contributed by atoms with Crippen molar-refractivity contribution in [2.45, 2.75) is 57.5 Å². The highest BCUT2D eigenvalue weighted by molar-refractivity contribution is 5.99. The summed E-state index contributed by atoms with van der Waals surface area (Å²) in [6.07, 6.45) is 3.78. The van der Waals surface area contributed by atoms with Crippen molar-refractivity contribution in [2.75, 3.05) is 33.9 Å². The fourth-order valence-corrected chi connectivity index (χ4v) is 5.60. The van der Waals surface area contributed by atoms with Crippen LogP contribution < -0.4 is 15.2 Å². The second-order valence-corrected chi connectivity index (χ2v) is 9.50. The number of benzene rings is 2. The molecule has 0 aromatic heterocycles. The monoisotopic (exact) mass is 479 g/mol. The van der Waals surface area contributed by atoms with Crippen LogP contribution in [-0.4, -0.2) is 55.5 Å². The van der Waals surface area contributed by atoms with E-state index in [9.17, 15) is 9.59 Å². The van der Waals surface area contributed by atoms with Gasteiger partial charge in [0.1, 0.15) is 0 Å². The molecule has 1 atom stereocenters. The molecular weight excluding hydrogens is 442 g/mol. The zero-order chi connectivity index (χ0) is 24.9. The molecule has 2 heterocycles. The third-order valence-electron chi connectivity index (χ3n) is 7.58. The van der Waals surface area contributed by atoms with E-state index in [1.54, 1.807) is 14.2 Å². The van der Waals surface area contributed by atoms with Crippen LogP contribution in [0.1, 0.15) is 78.0 Å². The van der Waals surface area contributed by atoms with E-state index < -0.39 is 0 Å². The molecule has 2 N–H and O–H groups in total. The smallest absolute Gasteiger partial charge is 0.255 e. The van der Waals surface area contributed by atoms with Crippen LogP contribution in [0, 0.1) is 0 Å². The summed E-state index contributed by atoms with van der Waals surface area (Å²) in [6, 6.07) is 11.8. The Bertz CT molecular complexity index is 1060. The molecule has 2 aromatic carbocycles. The average Bonchev–Trinajstić information content (AvgIpc) is 3.22. The van der Waals surface area contributed by atoms with Gasteiger partial charge in [0, 0.05) is 18.5 Å². The molecule has 7 heteroatoms. The van der Waals surface area contributed by atoms with Gasteiger partial charge >= 0.3 is 0 Å². The van der Waals surface area contributed by atoms with Crippen LogP contribution >= 0.6 is 0 Å². The number of amides is 2. The van der Waals surface area contributed by atoms with Gasteiger partial charge in [0.05, 0.1) is 20.3 Å². The number of nitrogens with zero attached hydrogens (tertiary/aromatic N) is 2.